The molecule has 0 aliphatic heterocycles. The van der Waals surface area contributed by atoms with Gasteiger partial charge in [-0.2, -0.15) is 0 Å². The lowest BCUT2D eigenvalue weighted by Gasteiger charge is -2.32. The zero-order chi connectivity index (χ0) is 12.9. The van der Waals surface area contributed by atoms with E-state index in [0.717, 1.165) is 51.7 Å². The van der Waals surface area contributed by atoms with E-state index in [9.17, 15) is 9.90 Å². The summed E-state index contributed by atoms with van der Waals surface area (Å²) in [6, 6.07) is 0. The monoisotopic (exact) mass is 241 g/mol. The SMILES string of the molecule is CCC(C)CN(CC)CC1(C(=O)O)CCCC1. The first-order valence-corrected chi connectivity index (χ1v) is 7.00. The van der Waals surface area contributed by atoms with Crippen LogP contribution >= 0.6 is 0 Å². The first kappa shape index (κ1) is 14.5. The van der Waals surface area contributed by atoms with Crippen molar-refractivity contribution in [1.29, 1.82) is 0 Å². The summed E-state index contributed by atoms with van der Waals surface area (Å²) in [4.78, 5) is 13.8. The number of nitrogens with zero attached hydrogens (tertiary/aromatic N) is 1. The van der Waals surface area contributed by atoms with Crippen LogP contribution in [0.5, 0.6) is 0 Å². The van der Waals surface area contributed by atoms with Gasteiger partial charge in [-0.15, -0.1) is 0 Å². The average molecular weight is 241 g/mol. The van der Waals surface area contributed by atoms with Gasteiger partial charge < -0.3 is 10.0 Å². The Hall–Kier alpha value is -0.570. The summed E-state index contributed by atoms with van der Waals surface area (Å²) in [6.45, 7) is 9.29. The number of aliphatic carboxylic acids is 1. The van der Waals surface area contributed by atoms with Crippen LogP contribution in [0.15, 0.2) is 0 Å². The van der Waals surface area contributed by atoms with Crippen molar-refractivity contribution in [3.05, 3.63) is 0 Å². The highest BCUT2D eigenvalue weighted by molar-refractivity contribution is 5.75. The molecule has 0 aromatic heterocycles. The molecule has 0 bridgehead atoms. The van der Waals surface area contributed by atoms with Crippen LogP contribution in [0.1, 0.15) is 52.9 Å². The van der Waals surface area contributed by atoms with Crippen LogP contribution < -0.4 is 0 Å². The molecule has 0 aromatic carbocycles. The smallest absolute Gasteiger partial charge is 0.310 e. The zero-order valence-electron chi connectivity index (χ0n) is 11.5. The number of hydrogen-bond donors (Lipinski definition) is 1. The number of rotatable bonds is 7. The summed E-state index contributed by atoms with van der Waals surface area (Å²) in [5.41, 5.74) is -0.455. The van der Waals surface area contributed by atoms with Gasteiger partial charge in [0, 0.05) is 13.1 Å². The largest absolute Gasteiger partial charge is 0.481 e. The minimum atomic E-state index is -0.586. The minimum absolute atomic E-state index is 0.455. The fourth-order valence-electron chi connectivity index (χ4n) is 2.79. The fourth-order valence-corrected chi connectivity index (χ4v) is 2.79. The van der Waals surface area contributed by atoms with E-state index in [1.54, 1.807) is 0 Å². The van der Waals surface area contributed by atoms with Gasteiger partial charge in [0.05, 0.1) is 5.41 Å². The third kappa shape index (κ3) is 3.70. The molecule has 1 unspecified atom stereocenters. The lowest BCUT2D eigenvalue weighted by atomic mass is 9.85. The second-order valence-corrected chi connectivity index (χ2v) is 5.63. The van der Waals surface area contributed by atoms with Crippen molar-refractivity contribution < 1.29 is 9.90 Å². The van der Waals surface area contributed by atoms with Gasteiger partial charge in [-0.05, 0) is 25.3 Å². The molecule has 0 saturated heterocycles. The van der Waals surface area contributed by atoms with Crippen LogP contribution in [0.2, 0.25) is 0 Å². The predicted molar refractivity (Wildman–Crippen MR) is 70.1 cm³/mol. The highest BCUT2D eigenvalue weighted by atomic mass is 16.4. The first-order valence-electron chi connectivity index (χ1n) is 7.00. The summed E-state index contributed by atoms with van der Waals surface area (Å²) in [5.74, 6) is 0.0693. The van der Waals surface area contributed by atoms with Crippen LogP contribution in [0, 0.1) is 11.3 Å². The van der Waals surface area contributed by atoms with Gasteiger partial charge in [0.1, 0.15) is 0 Å². The van der Waals surface area contributed by atoms with Gasteiger partial charge >= 0.3 is 5.97 Å². The van der Waals surface area contributed by atoms with Crippen LogP contribution in [0.4, 0.5) is 0 Å². The molecule has 1 atom stereocenters. The highest BCUT2D eigenvalue weighted by Crippen LogP contribution is 2.39. The molecular formula is C14H27NO2. The molecule has 100 valence electrons. The van der Waals surface area contributed by atoms with Gasteiger partial charge in [-0.1, -0.05) is 40.0 Å². The Bertz CT molecular complexity index is 247. The molecule has 0 amide bonds. The zero-order valence-corrected chi connectivity index (χ0v) is 11.5. The highest BCUT2D eigenvalue weighted by Gasteiger charge is 2.42. The lowest BCUT2D eigenvalue weighted by molar-refractivity contribution is -0.150. The van der Waals surface area contributed by atoms with Crippen LogP contribution in [-0.2, 0) is 4.79 Å². The Labute approximate surface area is 105 Å². The molecular weight excluding hydrogens is 214 g/mol. The van der Waals surface area contributed by atoms with E-state index in [1.165, 1.54) is 0 Å². The second-order valence-electron chi connectivity index (χ2n) is 5.63. The molecule has 0 radical (unpaired) electrons. The summed E-state index contributed by atoms with van der Waals surface area (Å²) in [5, 5.41) is 9.47. The Kier molecular flexibility index (Phi) is 5.44. The maximum absolute atomic E-state index is 11.5. The quantitative estimate of drug-likeness (QED) is 0.745. The van der Waals surface area contributed by atoms with E-state index in [2.05, 4.69) is 25.7 Å². The van der Waals surface area contributed by atoms with E-state index in [1.807, 2.05) is 0 Å². The van der Waals surface area contributed by atoms with Gasteiger partial charge in [-0.25, -0.2) is 0 Å². The Morgan fingerprint density at radius 1 is 1.35 bits per heavy atom. The molecule has 3 heteroatoms. The van der Waals surface area contributed by atoms with Crippen molar-refractivity contribution in [2.24, 2.45) is 11.3 Å². The van der Waals surface area contributed by atoms with E-state index in [4.69, 9.17) is 0 Å². The molecule has 0 aromatic rings. The molecule has 1 rings (SSSR count). The molecule has 0 heterocycles. The number of carboxylic acid groups (broad SMARTS) is 1. The molecule has 1 N–H and O–H groups in total. The van der Waals surface area contributed by atoms with Crippen molar-refractivity contribution in [3.63, 3.8) is 0 Å². The van der Waals surface area contributed by atoms with Crippen molar-refractivity contribution in [1.82, 2.24) is 4.90 Å². The maximum Gasteiger partial charge on any atom is 0.310 e. The van der Waals surface area contributed by atoms with E-state index >= 15 is 0 Å². The van der Waals surface area contributed by atoms with Crippen LogP contribution in [0.3, 0.4) is 0 Å². The lowest BCUT2D eigenvalue weighted by Crippen LogP contribution is -2.43. The average Bonchev–Trinajstić information content (AvgIpc) is 2.77. The van der Waals surface area contributed by atoms with Crippen molar-refractivity contribution in [2.45, 2.75) is 52.9 Å². The van der Waals surface area contributed by atoms with E-state index in [-0.39, 0.29) is 0 Å². The van der Waals surface area contributed by atoms with Gasteiger partial charge in [-0.3, -0.25) is 4.79 Å². The summed E-state index contributed by atoms with van der Waals surface area (Å²) < 4.78 is 0. The molecule has 1 fully saturated rings. The van der Waals surface area contributed by atoms with Crippen LogP contribution in [-0.4, -0.2) is 35.6 Å². The molecule has 0 spiro atoms. The number of carboxylic acids is 1. The van der Waals surface area contributed by atoms with Gasteiger partial charge in [0.2, 0.25) is 0 Å². The third-order valence-corrected chi connectivity index (χ3v) is 4.25. The molecule has 17 heavy (non-hydrogen) atoms. The van der Waals surface area contributed by atoms with Gasteiger partial charge in [0.25, 0.3) is 0 Å². The second kappa shape index (κ2) is 6.39. The normalized spacial score (nSPS) is 20.7. The third-order valence-electron chi connectivity index (χ3n) is 4.25. The standard InChI is InChI=1S/C14H27NO2/c1-4-12(3)10-15(5-2)11-14(13(16)17)8-6-7-9-14/h12H,4-11H2,1-3H3,(H,16,17). The van der Waals surface area contributed by atoms with Crippen LogP contribution in [0.25, 0.3) is 0 Å². The maximum atomic E-state index is 11.5. The number of carbonyl (C=O) groups is 1. The Morgan fingerprint density at radius 2 is 1.94 bits per heavy atom. The van der Waals surface area contributed by atoms with Gasteiger partial charge in [0.15, 0.2) is 0 Å². The Morgan fingerprint density at radius 3 is 2.35 bits per heavy atom. The summed E-state index contributed by atoms with van der Waals surface area (Å²) in [6.07, 6.45) is 5.04. The Balaban J connectivity index is 2.61. The van der Waals surface area contributed by atoms with Crippen molar-refractivity contribution in [2.75, 3.05) is 19.6 Å². The molecule has 1 saturated carbocycles. The topological polar surface area (TPSA) is 40.5 Å². The van der Waals surface area contributed by atoms with Crippen molar-refractivity contribution in [3.8, 4) is 0 Å². The molecule has 1 aliphatic rings. The molecule has 3 nitrogen and oxygen atoms in total. The predicted octanol–water partition coefficient (Wildman–Crippen LogP) is 3.00. The summed E-state index contributed by atoms with van der Waals surface area (Å²) in [7, 11) is 0. The molecule has 1 aliphatic carbocycles. The van der Waals surface area contributed by atoms with E-state index in [0.29, 0.717) is 5.92 Å². The van der Waals surface area contributed by atoms with Crippen molar-refractivity contribution >= 4 is 5.97 Å². The summed E-state index contributed by atoms with van der Waals surface area (Å²) >= 11 is 0. The first-order chi connectivity index (χ1) is 8.04. The van der Waals surface area contributed by atoms with E-state index < -0.39 is 11.4 Å². The number of hydrogen-bond acceptors (Lipinski definition) is 2. The minimum Gasteiger partial charge on any atom is -0.481 e. The fraction of sp³-hybridized carbons (Fsp3) is 0.929.